The normalized spacial score (nSPS) is 15.2. The van der Waals surface area contributed by atoms with E-state index in [1.165, 1.54) is 49.7 Å². The molecule has 0 fully saturated rings. The van der Waals surface area contributed by atoms with Gasteiger partial charge in [-0.1, -0.05) is 26.7 Å². The molecule has 2 rings (SSSR count). The maximum atomic E-state index is 4.21. The Balaban J connectivity index is 0.000000606. The molecule has 1 aromatic rings. The van der Waals surface area contributed by atoms with Crippen molar-refractivity contribution in [2.45, 2.75) is 66.2 Å². The summed E-state index contributed by atoms with van der Waals surface area (Å²) < 4.78 is 0. The lowest BCUT2D eigenvalue weighted by atomic mass is 9.92. The Kier molecular flexibility index (Phi) is 5.44. The molecule has 0 bridgehead atoms. The van der Waals surface area contributed by atoms with Crippen LogP contribution >= 0.6 is 0 Å². The minimum Gasteiger partial charge on any atom is -0.155 e. The van der Waals surface area contributed by atoms with Crippen LogP contribution in [0.25, 0.3) is 0 Å². The Morgan fingerprint density at radius 1 is 0.688 bits per heavy atom. The first kappa shape index (κ1) is 13.1. The van der Waals surface area contributed by atoms with E-state index < -0.39 is 0 Å². The standard InChI is InChI=1S/C12H18N2.C2H6/c1-9-11-7-5-3-4-6-8-12(11)10(2)14-13-9;1-2/h3-8H2,1-2H3;1-2H3. The summed E-state index contributed by atoms with van der Waals surface area (Å²) in [5, 5.41) is 8.43. The van der Waals surface area contributed by atoms with E-state index in [0.717, 1.165) is 11.4 Å². The van der Waals surface area contributed by atoms with Gasteiger partial charge < -0.3 is 0 Å². The topological polar surface area (TPSA) is 25.8 Å². The first-order valence-electron chi connectivity index (χ1n) is 6.60. The summed E-state index contributed by atoms with van der Waals surface area (Å²) in [6.07, 6.45) is 7.80. The number of rotatable bonds is 0. The van der Waals surface area contributed by atoms with E-state index in [2.05, 4.69) is 24.0 Å². The molecule has 0 N–H and O–H groups in total. The molecule has 1 aliphatic rings. The fourth-order valence-corrected chi connectivity index (χ4v) is 2.33. The summed E-state index contributed by atoms with van der Waals surface area (Å²) in [6, 6.07) is 0. The van der Waals surface area contributed by atoms with E-state index in [-0.39, 0.29) is 0 Å². The number of fused-ring (bicyclic) bond motifs is 1. The molecule has 0 aliphatic heterocycles. The van der Waals surface area contributed by atoms with Gasteiger partial charge in [-0.15, -0.1) is 0 Å². The lowest BCUT2D eigenvalue weighted by Crippen LogP contribution is -2.08. The van der Waals surface area contributed by atoms with Gasteiger partial charge >= 0.3 is 0 Å². The molecule has 0 aromatic carbocycles. The maximum Gasteiger partial charge on any atom is 0.0635 e. The van der Waals surface area contributed by atoms with Crippen molar-refractivity contribution < 1.29 is 0 Å². The van der Waals surface area contributed by atoms with Crippen LogP contribution in [-0.4, -0.2) is 10.2 Å². The Labute approximate surface area is 99.5 Å². The average Bonchev–Trinajstić information content (AvgIpc) is 2.27. The van der Waals surface area contributed by atoms with Crippen molar-refractivity contribution in [1.82, 2.24) is 10.2 Å². The number of hydrogen-bond acceptors (Lipinski definition) is 2. The zero-order chi connectivity index (χ0) is 12.0. The van der Waals surface area contributed by atoms with Crippen LogP contribution in [0.2, 0.25) is 0 Å². The van der Waals surface area contributed by atoms with Gasteiger partial charge in [0, 0.05) is 0 Å². The minimum atomic E-state index is 1.15. The summed E-state index contributed by atoms with van der Waals surface area (Å²) in [6.45, 7) is 8.18. The molecule has 0 amide bonds. The fourth-order valence-electron chi connectivity index (χ4n) is 2.33. The van der Waals surface area contributed by atoms with Crippen LogP contribution in [-0.2, 0) is 12.8 Å². The predicted molar refractivity (Wildman–Crippen MR) is 68.7 cm³/mol. The lowest BCUT2D eigenvalue weighted by molar-refractivity contribution is 0.606. The van der Waals surface area contributed by atoms with Gasteiger partial charge in [0.05, 0.1) is 11.4 Å². The second-order valence-electron chi connectivity index (χ2n) is 4.24. The van der Waals surface area contributed by atoms with Gasteiger partial charge in [-0.2, -0.15) is 10.2 Å². The van der Waals surface area contributed by atoms with E-state index in [0.29, 0.717) is 0 Å². The number of nitrogens with zero attached hydrogens (tertiary/aromatic N) is 2. The highest BCUT2D eigenvalue weighted by molar-refractivity contribution is 5.32. The van der Waals surface area contributed by atoms with Crippen LogP contribution in [0.3, 0.4) is 0 Å². The summed E-state index contributed by atoms with van der Waals surface area (Å²) >= 11 is 0. The van der Waals surface area contributed by atoms with Crippen LogP contribution in [0.4, 0.5) is 0 Å². The van der Waals surface area contributed by atoms with E-state index >= 15 is 0 Å². The number of hydrogen-bond donors (Lipinski definition) is 0. The quantitative estimate of drug-likeness (QED) is 0.665. The Hall–Kier alpha value is -0.920. The van der Waals surface area contributed by atoms with E-state index in [4.69, 9.17) is 0 Å². The Bertz CT molecular complexity index is 299. The molecular weight excluding hydrogens is 196 g/mol. The van der Waals surface area contributed by atoms with Gasteiger partial charge in [0.2, 0.25) is 0 Å². The van der Waals surface area contributed by atoms with Crippen molar-refractivity contribution in [2.24, 2.45) is 0 Å². The molecule has 16 heavy (non-hydrogen) atoms. The van der Waals surface area contributed by atoms with Gasteiger partial charge in [0.15, 0.2) is 0 Å². The van der Waals surface area contributed by atoms with E-state index in [9.17, 15) is 0 Å². The number of aromatic nitrogens is 2. The van der Waals surface area contributed by atoms with E-state index in [1.54, 1.807) is 0 Å². The van der Waals surface area contributed by atoms with Crippen LogP contribution in [0.5, 0.6) is 0 Å². The van der Waals surface area contributed by atoms with Gasteiger partial charge in [-0.25, -0.2) is 0 Å². The summed E-state index contributed by atoms with van der Waals surface area (Å²) in [7, 11) is 0. The molecule has 90 valence electrons. The highest BCUT2D eigenvalue weighted by atomic mass is 15.1. The zero-order valence-electron chi connectivity index (χ0n) is 11.1. The monoisotopic (exact) mass is 220 g/mol. The molecule has 0 unspecified atom stereocenters. The van der Waals surface area contributed by atoms with Gasteiger partial charge in [0.1, 0.15) is 0 Å². The van der Waals surface area contributed by atoms with Crippen LogP contribution in [0.1, 0.15) is 62.0 Å². The fraction of sp³-hybridized carbons (Fsp3) is 0.714. The molecule has 0 atom stereocenters. The average molecular weight is 220 g/mol. The van der Waals surface area contributed by atoms with Crippen molar-refractivity contribution in [3.05, 3.63) is 22.5 Å². The van der Waals surface area contributed by atoms with E-state index in [1.807, 2.05) is 13.8 Å². The summed E-state index contributed by atoms with van der Waals surface area (Å²) in [5.41, 5.74) is 5.26. The first-order chi connectivity index (χ1) is 7.79. The second-order valence-corrected chi connectivity index (χ2v) is 4.24. The summed E-state index contributed by atoms with van der Waals surface area (Å²) in [4.78, 5) is 0. The Morgan fingerprint density at radius 2 is 1.06 bits per heavy atom. The maximum absolute atomic E-state index is 4.21. The highest BCUT2D eigenvalue weighted by Gasteiger charge is 2.12. The molecule has 1 aliphatic carbocycles. The van der Waals surface area contributed by atoms with Crippen molar-refractivity contribution >= 4 is 0 Å². The Morgan fingerprint density at radius 3 is 1.44 bits per heavy atom. The molecule has 2 heteroatoms. The predicted octanol–water partition coefficient (Wildman–Crippen LogP) is 3.78. The third-order valence-electron chi connectivity index (χ3n) is 3.19. The second kappa shape index (κ2) is 6.62. The summed E-state index contributed by atoms with van der Waals surface area (Å²) in [5.74, 6) is 0. The zero-order valence-corrected chi connectivity index (χ0v) is 11.1. The molecule has 0 saturated carbocycles. The highest BCUT2D eigenvalue weighted by Crippen LogP contribution is 2.23. The number of aryl methyl sites for hydroxylation is 2. The SMILES string of the molecule is CC.Cc1nnc(C)c2c1CCCCCC2. The molecule has 0 saturated heterocycles. The molecule has 2 nitrogen and oxygen atoms in total. The largest absolute Gasteiger partial charge is 0.155 e. The third kappa shape index (κ3) is 3.03. The van der Waals surface area contributed by atoms with Crippen molar-refractivity contribution in [1.29, 1.82) is 0 Å². The van der Waals surface area contributed by atoms with Crippen molar-refractivity contribution in [3.63, 3.8) is 0 Å². The molecule has 0 spiro atoms. The lowest BCUT2D eigenvalue weighted by Gasteiger charge is -2.16. The van der Waals surface area contributed by atoms with Gasteiger partial charge in [-0.3, -0.25) is 0 Å². The molecular formula is C14H24N2. The van der Waals surface area contributed by atoms with Crippen LogP contribution in [0, 0.1) is 13.8 Å². The van der Waals surface area contributed by atoms with Gasteiger partial charge in [0.25, 0.3) is 0 Å². The smallest absolute Gasteiger partial charge is 0.0635 e. The molecule has 0 radical (unpaired) electrons. The molecule has 1 aromatic heterocycles. The minimum absolute atomic E-state index is 1.15. The third-order valence-corrected chi connectivity index (χ3v) is 3.19. The van der Waals surface area contributed by atoms with Gasteiger partial charge in [-0.05, 0) is 50.7 Å². The molecule has 1 heterocycles. The van der Waals surface area contributed by atoms with Crippen molar-refractivity contribution in [2.75, 3.05) is 0 Å². The van der Waals surface area contributed by atoms with Crippen LogP contribution < -0.4 is 0 Å². The van der Waals surface area contributed by atoms with Crippen LogP contribution in [0.15, 0.2) is 0 Å². The first-order valence-corrected chi connectivity index (χ1v) is 6.60. The van der Waals surface area contributed by atoms with Crippen molar-refractivity contribution in [3.8, 4) is 0 Å².